The van der Waals surface area contributed by atoms with Crippen molar-refractivity contribution in [2.75, 3.05) is 13.1 Å². The van der Waals surface area contributed by atoms with Crippen LogP contribution in [-0.2, 0) is 17.9 Å². The standard InChI is InChI=1S/C23H26FN5O3/c1-23(22(32)25-12-15-4-6-16(24)7-5-15)13-28-14-26-18(20(30)27-10-2-3-11-27)19(28)21(31)29(23)17-8-9-17/h4-7,14,17H,2-3,8-13H2,1H3,(H,25,32)/t23-/m0/s1. The molecule has 0 bridgehead atoms. The lowest BCUT2D eigenvalue weighted by atomic mass is 9.93. The second-order valence-corrected chi connectivity index (χ2v) is 9.06. The summed E-state index contributed by atoms with van der Waals surface area (Å²) in [6, 6.07) is 5.91. The van der Waals surface area contributed by atoms with E-state index in [0.29, 0.717) is 13.1 Å². The molecule has 32 heavy (non-hydrogen) atoms. The smallest absolute Gasteiger partial charge is 0.274 e. The fourth-order valence-electron chi connectivity index (χ4n) is 4.76. The lowest BCUT2D eigenvalue weighted by Crippen LogP contribution is -2.64. The van der Waals surface area contributed by atoms with E-state index in [-0.39, 0.29) is 54.1 Å². The van der Waals surface area contributed by atoms with Crippen LogP contribution < -0.4 is 5.32 Å². The van der Waals surface area contributed by atoms with E-state index in [1.54, 1.807) is 33.4 Å². The number of rotatable bonds is 5. The molecule has 1 aromatic carbocycles. The van der Waals surface area contributed by atoms with Crippen molar-refractivity contribution in [1.29, 1.82) is 0 Å². The highest BCUT2D eigenvalue weighted by Gasteiger charge is 2.53. The number of hydrogen-bond donors (Lipinski definition) is 1. The van der Waals surface area contributed by atoms with E-state index in [0.717, 1.165) is 31.2 Å². The Hall–Kier alpha value is -3.23. The van der Waals surface area contributed by atoms with Crippen molar-refractivity contribution >= 4 is 17.7 Å². The van der Waals surface area contributed by atoms with E-state index in [2.05, 4.69) is 10.3 Å². The molecule has 168 valence electrons. The van der Waals surface area contributed by atoms with E-state index in [1.807, 2.05) is 0 Å². The van der Waals surface area contributed by atoms with Crippen LogP contribution in [0.4, 0.5) is 4.39 Å². The van der Waals surface area contributed by atoms with Gasteiger partial charge in [-0.1, -0.05) is 12.1 Å². The van der Waals surface area contributed by atoms with Crippen molar-refractivity contribution in [2.24, 2.45) is 0 Å². The number of hydrogen-bond acceptors (Lipinski definition) is 4. The Kier molecular flexibility index (Phi) is 4.98. The zero-order valence-corrected chi connectivity index (χ0v) is 18.0. The molecule has 8 nitrogen and oxygen atoms in total. The van der Waals surface area contributed by atoms with Crippen molar-refractivity contribution in [3.8, 4) is 0 Å². The van der Waals surface area contributed by atoms with Crippen molar-refractivity contribution in [3.05, 3.63) is 53.4 Å². The average Bonchev–Trinajstić information content (AvgIpc) is 3.27. The summed E-state index contributed by atoms with van der Waals surface area (Å²) in [6.07, 6.45) is 5.06. The van der Waals surface area contributed by atoms with Crippen molar-refractivity contribution < 1.29 is 18.8 Å². The van der Waals surface area contributed by atoms with Gasteiger partial charge >= 0.3 is 0 Å². The molecule has 9 heteroatoms. The monoisotopic (exact) mass is 439 g/mol. The van der Waals surface area contributed by atoms with E-state index in [4.69, 9.17) is 0 Å². The minimum absolute atomic E-state index is 0.0255. The van der Waals surface area contributed by atoms with E-state index < -0.39 is 5.54 Å². The van der Waals surface area contributed by atoms with E-state index in [1.165, 1.54) is 18.5 Å². The van der Waals surface area contributed by atoms with Gasteiger partial charge in [0.25, 0.3) is 11.8 Å². The molecular formula is C23H26FN5O3. The van der Waals surface area contributed by atoms with Crippen LogP contribution in [0.3, 0.4) is 0 Å². The lowest BCUT2D eigenvalue weighted by molar-refractivity contribution is -0.133. The fourth-order valence-corrected chi connectivity index (χ4v) is 4.76. The van der Waals surface area contributed by atoms with Crippen molar-refractivity contribution in [3.63, 3.8) is 0 Å². The average molecular weight is 439 g/mol. The van der Waals surface area contributed by atoms with Gasteiger partial charge in [0.05, 0.1) is 12.9 Å². The third kappa shape index (κ3) is 3.45. The molecule has 1 saturated heterocycles. The summed E-state index contributed by atoms with van der Waals surface area (Å²) in [7, 11) is 0. The molecule has 0 radical (unpaired) electrons. The number of benzene rings is 1. The van der Waals surface area contributed by atoms with Gasteiger partial charge in [-0.15, -0.1) is 0 Å². The Morgan fingerprint density at radius 3 is 2.53 bits per heavy atom. The number of imidazole rings is 1. The largest absolute Gasteiger partial charge is 0.350 e. The quantitative estimate of drug-likeness (QED) is 0.772. The van der Waals surface area contributed by atoms with Gasteiger partial charge in [0.2, 0.25) is 5.91 Å². The molecule has 1 atom stereocenters. The Morgan fingerprint density at radius 1 is 1.19 bits per heavy atom. The van der Waals surface area contributed by atoms with Gasteiger partial charge in [-0.25, -0.2) is 9.37 Å². The molecule has 0 spiro atoms. The molecule has 2 fully saturated rings. The number of nitrogens with one attached hydrogen (secondary N) is 1. The predicted molar refractivity (Wildman–Crippen MR) is 113 cm³/mol. The van der Waals surface area contributed by atoms with Gasteiger partial charge < -0.3 is 19.7 Å². The van der Waals surface area contributed by atoms with Gasteiger partial charge in [0, 0.05) is 25.7 Å². The minimum atomic E-state index is -1.11. The van der Waals surface area contributed by atoms with E-state index in [9.17, 15) is 18.8 Å². The Balaban J connectivity index is 1.41. The van der Waals surface area contributed by atoms with Crippen molar-refractivity contribution in [1.82, 2.24) is 24.7 Å². The van der Waals surface area contributed by atoms with Crippen LogP contribution in [0, 0.1) is 5.82 Å². The number of nitrogens with zero attached hydrogens (tertiary/aromatic N) is 4. The van der Waals surface area contributed by atoms with Crippen LogP contribution in [0.1, 0.15) is 59.1 Å². The predicted octanol–water partition coefficient (Wildman–Crippen LogP) is 1.95. The van der Waals surface area contributed by atoms with Gasteiger partial charge in [-0.2, -0.15) is 0 Å². The summed E-state index contributed by atoms with van der Waals surface area (Å²) in [5.41, 5.74) is 0.110. The number of fused-ring (bicyclic) bond motifs is 1. The lowest BCUT2D eigenvalue weighted by Gasteiger charge is -2.44. The number of likely N-dealkylation sites (tertiary alicyclic amines) is 1. The number of halogens is 1. The van der Waals surface area contributed by atoms with Crippen LogP contribution in [0.2, 0.25) is 0 Å². The fraction of sp³-hybridized carbons (Fsp3) is 0.478. The summed E-state index contributed by atoms with van der Waals surface area (Å²) in [4.78, 5) is 47.6. The SMILES string of the molecule is C[C@@]1(C(=O)NCc2ccc(F)cc2)Cn2cnc(C(=O)N3CCCC3)c2C(=O)N1C1CC1. The van der Waals surface area contributed by atoms with Gasteiger partial charge in [-0.3, -0.25) is 14.4 Å². The first-order valence-electron chi connectivity index (χ1n) is 11.1. The molecule has 1 N–H and O–H groups in total. The van der Waals surface area contributed by atoms with Gasteiger partial charge in [-0.05, 0) is 50.3 Å². The first kappa shape index (κ1) is 20.7. The highest BCUT2D eigenvalue weighted by Crippen LogP contribution is 2.39. The van der Waals surface area contributed by atoms with Gasteiger partial charge in [0.15, 0.2) is 5.69 Å². The zero-order valence-electron chi connectivity index (χ0n) is 18.0. The maximum absolute atomic E-state index is 13.6. The molecule has 3 amide bonds. The highest BCUT2D eigenvalue weighted by atomic mass is 19.1. The minimum Gasteiger partial charge on any atom is -0.350 e. The summed E-state index contributed by atoms with van der Waals surface area (Å²) in [5.74, 6) is -1.16. The summed E-state index contributed by atoms with van der Waals surface area (Å²) >= 11 is 0. The molecular weight excluding hydrogens is 413 g/mol. The summed E-state index contributed by atoms with van der Waals surface area (Å²) in [6.45, 7) is 3.56. The first-order valence-corrected chi connectivity index (χ1v) is 11.1. The normalized spacial score (nSPS) is 22.8. The number of carbonyl (C=O) groups is 3. The first-order chi connectivity index (χ1) is 15.4. The highest BCUT2D eigenvalue weighted by molar-refractivity contribution is 6.07. The number of aromatic nitrogens is 2. The van der Waals surface area contributed by atoms with Crippen LogP contribution in [-0.4, -0.2) is 61.7 Å². The molecule has 3 heterocycles. The second kappa shape index (κ2) is 7.72. The number of amides is 3. The Labute approximate surface area is 185 Å². The molecule has 0 unspecified atom stereocenters. The maximum Gasteiger partial charge on any atom is 0.274 e. The third-order valence-electron chi connectivity index (χ3n) is 6.63. The second-order valence-electron chi connectivity index (χ2n) is 9.06. The summed E-state index contributed by atoms with van der Waals surface area (Å²) in [5, 5.41) is 2.90. The molecule has 2 aliphatic heterocycles. The van der Waals surface area contributed by atoms with E-state index >= 15 is 0 Å². The molecule has 1 aromatic heterocycles. The van der Waals surface area contributed by atoms with Crippen molar-refractivity contribution in [2.45, 2.75) is 57.3 Å². The Bertz CT molecular complexity index is 1070. The van der Waals surface area contributed by atoms with Crippen LogP contribution >= 0.6 is 0 Å². The molecule has 1 saturated carbocycles. The maximum atomic E-state index is 13.6. The van der Waals surface area contributed by atoms with Crippen LogP contribution in [0.5, 0.6) is 0 Å². The molecule has 1 aliphatic carbocycles. The topological polar surface area (TPSA) is 87.5 Å². The number of carbonyl (C=O) groups excluding carboxylic acids is 3. The molecule has 5 rings (SSSR count). The van der Waals surface area contributed by atoms with Gasteiger partial charge in [0.1, 0.15) is 17.1 Å². The Morgan fingerprint density at radius 2 is 1.88 bits per heavy atom. The zero-order chi connectivity index (χ0) is 22.5. The molecule has 2 aromatic rings. The summed E-state index contributed by atoms with van der Waals surface area (Å²) < 4.78 is 14.8. The molecule has 3 aliphatic rings. The third-order valence-corrected chi connectivity index (χ3v) is 6.63. The van der Waals surface area contributed by atoms with Crippen LogP contribution in [0.25, 0.3) is 0 Å². The van der Waals surface area contributed by atoms with Crippen LogP contribution in [0.15, 0.2) is 30.6 Å².